The highest BCUT2D eigenvalue weighted by Gasteiger charge is 2.31. The van der Waals surface area contributed by atoms with Crippen molar-refractivity contribution in [3.05, 3.63) is 54.1 Å². The molecule has 0 bridgehead atoms. The van der Waals surface area contributed by atoms with Crippen LogP contribution in [0.25, 0.3) is 0 Å². The van der Waals surface area contributed by atoms with E-state index in [1.54, 1.807) is 12.5 Å². The van der Waals surface area contributed by atoms with Crippen molar-refractivity contribution < 1.29 is 9.59 Å². The Labute approximate surface area is 171 Å². The smallest absolute Gasteiger partial charge is 0.320 e. The van der Waals surface area contributed by atoms with Crippen LogP contribution in [0, 0.1) is 5.92 Å². The zero-order chi connectivity index (χ0) is 20.1. The SMILES string of the molecule is O=C(NCc1ccc(Cn2ccnc2)cc1)[C@@H]1CCCN(C(=O)N2CCCC2)C1. The van der Waals surface area contributed by atoms with Crippen molar-refractivity contribution in [3.63, 3.8) is 0 Å². The summed E-state index contributed by atoms with van der Waals surface area (Å²) < 4.78 is 2.02. The Morgan fingerprint density at radius 3 is 2.45 bits per heavy atom. The number of benzene rings is 1. The molecule has 1 aromatic heterocycles. The number of imidazole rings is 1. The van der Waals surface area contributed by atoms with E-state index >= 15 is 0 Å². The molecule has 7 heteroatoms. The Morgan fingerprint density at radius 2 is 1.72 bits per heavy atom. The predicted molar refractivity (Wildman–Crippen MR) is 110 cm³/mol. The maximum Gasteiger partial charge on any atom is 0.320 e. The van der Waals surface area contributed by atoms with Crippen LogP contribution in [0.4, 0.5) is 4.79 Å². The zero-order valence-electron chi connectivity index (χ0n) is 16.8. The van der Waals surface area contributed by atoms with Gasteiger partial charge in [0.15, 0.2) is 0 Å². The minimum Gasteiger partial charge on any atom is -0.352 e. The summed E-state index contributed by atoms with van der Waals surface area (Å²) in [7, 11) is 0. The van der Waals surface area contributed by atoms with E-state index in [1.165, 1.54) is 5.56 Å². The molecule has 2 aliphatic rings. The molecule has 3 amide bonds. The Balaban J connectivity index is 1.26. The molecular weight excluding hydrogens is 366 g/mol. The molecule has 1 aromatic carbocycles. The van der Waals surface area contributed by atoms with Crippen molar-refractivity contribution in [2.45, 2.75) is 38.8 Å². The van der Waals surface area contributed by atoms with E-state index in [2.05, 4.69) is 34.6 Å². The van der Waals surface area contributed by atoms with E-state index in [9.17, 15) is 9.59 Å². The minimum atomic E-state index is -0.115. The highest BCUT2D eigenvalue weighted by Crippen LogP contribution is 2.20. The van der Waals surface area contributed by atoms with E-state index in [1.807, 2.05) is 20.6 Å². The lowest BCUT2D eigenvalue weighted by molar-refractivity contribution is -0.126. The first-order chi connectivity index (χ1) is 14.2. The molecule has 0 spiro atoms. The van der Waals surface area contributed by atoms with E-state index in [4.69, 9.17) is 0 Å². The van der Waals surface area contributed by atoms with Gasteiger partial charge in [0.2, 0.25) is 5.91 Å². The Kier molecular flexibility index (Phi) is 6.12. The molecule has 0 radical (unpaired) electrons. The number of hydrogen-bond donors (Lipinski definition) is 1. The molecule has 154 valence electrons. The first kappa shape index (κ1) is 19.5. The van der Waals surface area contributed by atoms with Crippen molar-refractivity contribution in [2.24, 2.45) is 5.92 Å². The number of piperidine rings is 1. The molecule has 4 rings (SSSR count). The van der Waals surface area contributed by atoms with Crippen molar-refractivity contribution in [2.75, 3.05) is 26.2 Å². The van der Waals surface area contributed by atoms with Gasteiger partial charge in [0.05, 0.1) is 12.2 Å². The number of likely N-dealkylation sites (tertiary alicyclic amines) is 2. The van der Waals surface area contributed by atoms with E-state index < -0.39 is 0 Å². The maximum atomic E-state index is 12.7. The third-order valence-corrected chi connectivity index (χ3v) is 5.85. The molecule has 2 fully saturated rings. The number of amides is 3. The molecule has 7 nitrogen and oxygen atoms in total. The lowest BCUT2D eigenvalue weighted by Gasteiger charge is -2.34. The summed E-state index contributed by atoms with van der Waals surface area (Å²) >= 11 is 0. The normalized spacial score (nSPS) is 19.4. The van der Waals surface area contributed by atoms with E-state index in [0.29, 0.717) is 13.1 Å². The lowest BCUT2D eigenvalue weighted by Crippen LogP contribution is -2.49. The molecule has 0 aliphatic carbocycles. The fourth-order valence-electron chi connectivity index (χ4n) is 4.16. The molecule has 0 saturated carbocycles. The zero-order valence-corrected chi connectivity index (χ0v) is 16.8. The monoisotopic (exact) mass is 395 g/mol. The van der Waals surface area contributed by atoms with Gasteiger partial charge in [-0.25, -0.2) is 9.78 Å². The average Bonchev–Trinajstić information content (AvgIpc) is 3.47. The highest BCUT2D eigenvalue weighted by atomic mass is 16.2. The summed E-state index contributed by atoms with van der Waals surface area (Å²) in [6.07, 6.45) is 9.43. The lowest BCUT2D eigenvalue weighted by atomic mass is 9.97. The second kappa shape index (κ2) is 9.11. The van der Waals surface area contributed by atoms with Crippen molar-refractivity contribution in [3.8, 4) is 0 Å². The van der Waals surface area contributed by atoms with Crippen molar-refractivity contribution in [1.29, 1.82) is 0 Å². The van der Waals surface area contributed by atoms with Crippen LogP contribution in [-0.2, 0) is 17.9 Å². The predicted octanol–water partition coefficient (Wildman–Crippen LogP) is 2.48. The topological polar surface area (TPSA) is 70.5 Å². The summed E-state index contributed by atoms with van der Waals surface area (Å²) in [5.41, 5.74) is 2.27. The summed E-state index contributed by atoms with van der Waals surface area (Å²) in [6.45, 7) is 4.30. The number of urea groups is 1. The first-order valence-corrected chi connectivity index (χ1v) is 10.5. The van der Waals surface area contributed by atoms with Crippen LogP contribution in [0.3, 0.4) is 0 Å². The van der Waals surface area contributed by atoms with Gasteiger partial charge in [-0.3, -0.25) is 4.79 Å². The second-order valence-electron chi connectivity index (χ2n) is 8.03. The molecule has 2 aromatic rings. The number of hydrogen-bond acceptors (Lipinski definition) is 3. The number of rotatable bonds is 5. The van der Waals surface area contributed by atoms with Crippen molar-refractivity contribution in [1.82, 2.24) is 24.7 Å². The van der Waals surface area contributed by atoms with Gasteiger partial charge in [-0.15, -0.1) is 0 Å². The molecular formula is C22H29N5O2. The molecule has 2 aliphatic heterocycles. The van der Waals surface area contributed by atoms with Crippen LogP contribution in [0.15, 0.2) is 43.0 Å². The quantitative estimate of drug-likeness (QED) is 0.846. The van der Waals surface area contributed by atoms with Gasteiger partial charge in [-0.05, 0) is 36.8 Å². The fraction of sp³-hybridized carbons (Fsp3) is 0.500. The van der Waals surface area contributed by atoms with Gasteiger partial charge in [-0.2, -0.15) is 0 Å². The average molecular weight is 396 g/mol. The van der Waals surface area contributed by atoms with Gasteiger partial charge in [0.1, 0.15) is 0 Å². The van der Waals surface area contributed by atoms with Crippen LogP contribution in [0.1, 0.15) is 36.8 Å². The summed E-state index contributed by atoms with van der Waals surface area (Å²) in [5.74, 6) is -0.0674. The van der Waals surface area contributed by atoms with Gasteiger partial charge in [0.25, 0.3) is 0 Å². The Hall–Kier alpha value is -2.83. The molecule has 3 heterocycles. The number of carbonyl (C=O) groups excluding carboxylic acids is 2. The molecule has 0 unspecified atom stereocenters. The number of aromatic nitrogens is 2. The van der Waals surface area contributed by atoms with Gasteiger partial charge in [-0.1, -0.05) is 24.3 Å². The van der Waals surface area contributed by atoms with Crippen LogP contribution in [0.5, 0.6) is 0 Å². The van der Waals surface area contributed by atoms with Crippen LogP contribution < -0.4 is 5.32 Å². The minimum absolute atomic E-state index is 0.0476. The third kappa shape index (κ3) is 4.96. The Bertz CT molecular complexity index is 812. The number of carbonyl (C=O) groups is 2. The molecule has 2 saturated heterocycles. The summed E-state index contributed by atoms with van der Waals surface area (Å²) in [4.78, 5) is 33.1. The molecule has 29 heavy (non-hydrogen) atoms. The molecule has 1 atom stereocenters. The van der Waals surface area contributed by atoms with Gasteiger partial charge < -0.3 is 19.7 Å². The maximum absolute atomic E-state index is 12.7. The number of nitrogens with zero attached hydrogens (tertiary/aromatic N) is 4. The highest BCUT2D eigenvalue weighted by molar-refractivity contribution is 5.81. The van der Waals surface area contributed by atoms with Crippen molar-refractivity contribution >= 4 is 11.9 Å². The molecule has 1 N–H and O–H groups in total. The standard InChI is InChI=1S/C22H29N5O2/c28-21(20-4-3-12-27(16-20)22(29)26-10-1-2-11-26)24-14-18-5-7-19(8-6-18)15-25-13-9-23-17-25/h5-9,13,17,20H,1-4,10-12,14-16H2,(H,24,28)/t20-/m1/s1. The van der Waals surface area contributed by atoms with E-state index in [-0.39, 0.29) is 17.9 Å². The van der Waals surface area contributed by atoms with Crippen LogP contribution >= 0.6 is 0 Å². The summed E-state index contributed by atoms with van der Waals surface area (Å²) in [5, 5.41) is 3.06. The van der Waals surface area contributed by atoms with Gasteiger partial charge in [0, 0.05) is 51.7 Å². The fourth-order valence-corrected chi connectivity index (χ4v) is 4.16. The van der Waals surface area contributed by atoms with Gasteiger partial charge >= 0.3 is 6.03 Å². The largest absolute Gasteiger partial charge is 0.352 e. The second-order valence-corrected chi connectivity index (χ2v) is 8.03. The summed E-state index contributed by atoms with van der Waals surface area (Å²) in [6, 6.07) is 8.37. The Morgan fingerprint density at radius 1 is 1.00 bits per heavy atom. The number of nitrogens with one attached hydrogen (secondary N) is 1. The van der Waals surface area contributed by atoms with Crippen LogP contribution in [0.2, 0.25) is 0 Å². The van der Waals surface area contributed by atoms with Crippen LogP contribution in [-0.4, -0.2) is 57.5 Å². The van der Waals surface area contributed by atoms with E-state index in [0.717, 1.165) is 57.4 Å². The first-order valence-electron chi connectivity index (χ1n) is 10.5. The third-order valence-electron chi connectivity index (χ3n) is 5.85.